The van der Waals surface area contributed by atoms with Gasteiger partial charge in [0.25, 0.3) is 0 Å². The Bertz CT molecular complexity index is 621. The van der Waals surface area contributed by atoms with Crippen LogP contribution in [0.15, 0.2) is 30.6 Å². The highest BCUT2D eigenvalue weighted by atomic mass is 16.2. The van der Waals surface area contributed by atoms with Crippen LogP contribution in [0.5, 0.6) is 0 Å². The van der Waals surface area contributed by atoms with Gasteiger partial charge in [-0.05, 0) is 18.6 Å². The largest absolute Gasteiger partial charge is 0.355 e. The summed E-state index contributed by atoms with van der Waals surface area (Å²) in [7, 11) is 0. The average molecular weight is 286 g/mol. The maximum Gasteiger partial charge on any atom is 0.224 e. The van der Waals surface area contributed by atoms with Gasteiger partial charge in [0.1, 0.15) is 5.65 Å². The van der Waals surface area contributed by atoms with Gasteiger partial charge >= 0.3 is 0 Å². The lowest BCUT2D eigenvalue weighted by Crippen LogP contribution is -2.43. The van der Waals surface area contributed by atoms with Gasteiger partial charge in [0.05, 0.1) is 11.6 Å². The number of hydrogen-bond donors (Lipinski definition) is 2. The van der Waals surface area contributed by atoms with Crippen molar-refractivity contribution in [3.05, 3.63) is 36.3 Å². The van der Waals surface area contributed by atoms with Crippen LogP contribution in [0.1, 0.15) is 18.5 Å². The van der Waals surface area contributed by atoms with Crippen LogP contribution < -0.4 is 10.6 Å². The predicted molar refractivity (Wildman–Crippen MR) is 77.6 cm³/mol. The Balaban J connectivity index is 1.49. The van der Waals surface area contributed by atoms with Crippen LogP contribution in [0.4, 0.5) is 0 Å². The molecule has 0 aliphatic carbocycles. The van der Waals surface area contributed by atoms with Crippen LogP contribution in [0.3, 0.4) is 0 Å². The molecule has 0 saturated carbocycles. The molecule has 1 aliphatic heterocycles. The zero-order valence-corrected chi connectivity index (χ0v) is 11.7. The van der Waals surface area contributed by atoms with Crippen molar-refractivity contribution >= 4 is 17.5 Å². The molecule has 6 heteroatoms. The maximum absolute atomic E-state index is 12.0. The van der Waals surface area contributed by atoms with Crippen LogP contribution in [-0.4, -0.2) is 34.3 Å². The first-order valence-corrected chi connectivity index (χ1v) is 7.19. The lowest BCUT2D eigenvalue weighted by atomic mass is 9.98. The first kappa shape index (κ1) is 13.6. The number of piperidine rings is 1. The van der Waals surface area contributed by atoms with Gasteiger partial charge in [-0.25, -0.2) is 4.98 Å². The third-order valence-electron chi connectivity index (χ3n) is 3.73. The van der Waals surface area contributed by atoms with E-state index >= 15 is 0 Å². The minimum Gasteiger partial charge on any atom is -0.355 e. The van der Waals surface area contributed by atoms with E-state index in [1.54, 1.807) is 0 Å². The van der Waals surface area contributed by atoms with E-state index in [0.717, 1.165) is 11.3 Å². The van der Waals surface area contributed by atoms with Crippen LogP contribution in [0.2, 0.25) is 0 Å². The Hall–Kier alpha value is -2.37. The molecule has 0 bridgehead atoms. The molecule has 0 unspecified atom stereocenters. The highest BCUT2D eigenvalue weighted by molar-refractivity contribution is 5.83. The summed E-state index contributed by atoms with van der Waals surface area (Å²) >= 11 is 0. The van der Waals surface area contributed by atoms with Crippen LogP contribution in [-0.2, 0) is 16.0 Å². The molecule has 21 heavy (non-hydrogen) atoms. The molecule has 2 amide bonds. The SMILES string of the molecule is O=C1CC[C@H](C(=O)NCCc2cn3ccccc3n2)CN1. The minimum atomic E-state index is -0.108. The van der Waals surface area contributed by atoms with Gasteiger partial charge < -0.3 is 15.0 Å². The second kappa shape index (κ2) is 5.95. The minimum absolute atomic E-state index is 0.0127. The van der Waals surface area contributed by atoms with Gasteiger partial charge in [0, 0.05) is 38.3 Å². The fourth-order valence-electron chi connectivity index (χ4n) is 2.52. The van der Waals surface area contributed by atoms with Gasteiger partial charge in [-0.15, -0.1) is 0 Å². The quantitative estimate of drug-likeness (QED) is 0.860. The fourth-order valence-corrected chi connectivity index (χ4v) is 2.52. The first-order valence-electron chi connectivity index (χ1n) is 7.19. The summed E-state index contributed by atoms with van der Waals surface area (Å²) in [6, 6.07) is 5.86. The molecule has 1 saturated heterocycles. The molecule has 3 heterocycles. The number of imidazole rings is 1. The summed E-state index contributed by atoms with van der Waals surface area (Å²) in [5.74, 6) is -0.0636. The Labute approximate surface area is 122 Å². The van der Waals surface area contributed by atoms with Gasteiger partial charge in [0.15, 0.2) is 0 Å². The van der Waals surface area contributed by atoms with E-state index in [1.807, 2.05) is 35.0 Å². The second-order valence-electron chi connectivity index (χ2n) is 5.28. The topological polar surface area (TPSA) is 75.5 Å². The summed E-state index contributed by atoms with van der Waals surface area (Å²) in [5, 5.41) is 5.64. The predicted octanol–water partition coefficient (Wildman–Crippen LogP) is 0.519. The molecule has 2 N–H and O–H groups in total. The number of pyridine rings is 1. The highest BCUT2D eigenvalue weighted by Crippen LogP contribution is 2.10. The zero-order chi connectivity index (χ0) is 14.7. The molecule has 0 spiro atoms. The number of rotatable bonds is 4. The Morgan fingerprint density at radius 2 is 2.38 bits per heavy atom. The second-order valence-corrected chi connectivity index (χ2v) is 5.28. The van der Waals surface area contributed by atoms with Crippen molar-refractivity contribution in [2.24, 2.45) is 5.92 Å². The van der Waals surface area contributed by atoms with E-state index < -0.39 is 0 Å². The molecule has 0 aromatic carbocycles. The molecule has 3 rings (SSSR count). The lowest BCUT2D eigenvalue weighted by molar-refractivity contribution is -0.128. The van der Waals surface area contributed by atoms with E-state index in [1.165, 1.54) is 0 Å². The fraction of sp³-hybridized carbons (Fsp3) is 0.400. The number of carbonyl (C=O) groups excluding carboxylic acids is 2. The Morgan fingerprint density at radius 1 is 1.48 bits per heavy atom. The third-order valence-corrected chi connectivity index (χ3v) is 3.73. The number of aromatic nitrogens is 2. The van der Waals surface area contributed by atoms with E-state index in [-0.39, 0.29) is 17.7 Å². The number of carbonyl (C=O) groups is 2. The van der Waals surface area contributed by atoms with Crippen molar-refractivity contribution in [1.29, 1.82) is 0 Å². The summed E-state index contributed by atoms with van der Waals surface area (Å²) in [4.78, 5) is 27.5. The Morgan fingerprint density at radius 3 is 3.14 bits per heavy atom. The molecule has 110 valence electrons. The molecule has 1 aliphatic rings. The van der Waals surface area contributed by atoms with Crippen LogP contribution in [0, 0.1) is 5.92 Å². The molecule has 2 aromatic rings. The van der Waals surface area contributed by atoms with Crippen LogP contribution in [0.25, 0.3) is 5.65 Å². The summed E-state index contributed by atoms with van der Waals surface area (Å²) in [6.07, 6.45) is 5.69. The van der Waals surface area contributed by atoms with E-state index in [2.05, 4.69) is 15.6 Å². The smallest absolute Gasteiger partial charge is 0.224 e. The number of hydrogen-bond acceptors (Lipinski definition) is 3. The Kier molecular flexibility index (Phi) is 3.85. The van der Waals surface area contributed by atoms with Crippen molar-refractivity contribution in [3.8, 4) is 0 Å². The standard InChI is InChI=1S/C15H18N4O2/c20-14-5-4-11(9-17-14)15(21)16-7-6-12-10-19-8-2-1-3-13(19)18-12/h1-3,8,10-11H,4-7,9H2,(H,16,21)(H,17,20)/t11-/m0/s1. The molecular weight excluding hydrogens is 268 g/mol. The molecule has 1 atom stereocenters. The highest BCUT2D eigenvalue weighted by Gasteiger charge is 2.23. The van der Waals surface area contributed by atoms with Crippen molar-refractivity contribution in [2.75, 3.05) is 13.1 Å². The van der Waals surface area contributed by atoms with Gasteiger partial charge in [-0.3, -0.25) is 9.59 Å². The maximum atomic E-state index is 12.0. The third kappa shape index (κ3) is 3.21. The number of fused-ring (bicyclic) bond motifs is 1. The molecule has 1 fully saturated rings. The van der Waals surface area contributed by atoms with Crippen molar-refractivity contribution < 1.29 is 9.59 Å². The molecule has 2 aromatic heterocycles. The summed E-state index contributed by atoms with van der Waals surface area (Å²) in [6.45, 7) is 1.01. The molecular formula is C15H18N4O2. The molecule has 6 nitrogen and oxygen atoms in total. The number of nitrogens with one attached hydrogen (secondary N) is 2. The molecule has 0 radical (unpaired) electrons. The van der Waals surface area contributed by atoms with Gasteiger partial charge in [-0.1, -0.05) is 6.07 Å². The van der Waals surface area contributed by atoms with Crippen molar-refractivity contribution in [1.82, 2.24) is 20.0 Å². The first-order chi connectivity index (χ1) is 10.2. The van der Waals surface area contributed by atoms with E-state index in [0.29, 0.717) is 32.4 Å². The van der Waals surface area contributed by atoms with E-state index in [9.17, 15) is 9.59 Å². The van der Waals surface area contributed by atoms with Crippen molar-refractivity contribution in [2.45, 2.75) is 19.3 Å². The summed E-state index contributed by atoms with van der Waals surface area (Å²) in [5.41, 5.74) is 1.87. The average Bonchev–Trinajstić information content (AvgIpc) is 2.90. The van der Waals surface area contributed by atoms with Gasteiger partial charge in [-0.2, -0.15) is 0 Å². The summed E-state index contributed by atoms with van der Waals surface area (Å²) < 4.78 is 1.97. The number of amides is 2. The normalized spacial score (nSPS) is 18.5. The lowest BCUT2D eigenvalue weighted by Gasteiger charge is -2.21. The monoisotopic (exact) mass is 286 g/mol. The van der Waals surface area contributed by atoms with Crippen LogP contribution >= 0.6 is 0 Å². The number of nitrogens with zero attached hydrogens (tertiary/aromatic N) is 2. The van der Waals surface area contributed by atoms with E-state index in [4.69, 9.17) is 0 Å². The van der Waals surface area contributed by atoms with Crippen molar-refractivity contribution in [3.63, 3.8) is 0 Å². The zero-order valence-electron chi connectivity index (χ0n) is 11.7. The van der Waals surface area contributed by atoms with Gasteiger partial charge in [0.2, 0.25) is 11.8 Å².